The van der Waals surface area contributed by atoms with Gasteiger partial charge in [-0.05, 0) is 38.5 Å². The molecule has 0 rings (SSSR count). The van der Waals surface area contributed by atoms with Crippen molar-refractivity contribution in [2.45, 2.75) is 206 Å². The molecule has 0 bridgehead atoms. The second-order valence-corrected chi connectivity index (χ2v) is 14.5. The molecule has 278 valence electrons. The van der Waals surface area contributed by atoms with Gasteiger partial charge in [0.25, 0.3) is 0 Å². The maximum Gasteiger partial charge on any atom is 0.469 e. The van der Waals surface area contributed by atoms with Crippen LogP contribution in [0.4, 0.5) is 0 Å². The number of rotatable bonds is 36. The minimum Gasteiger partial charge on any atom is -0.462 e. The lowest BCUT2D eigenvalue weighted by Crippen LogP contribution is -2.29. The van der Waals surface area contributed by atoms with E-state index in [4.69, 9.17) is 19.3 Å². The fraction of sp³-hybridized carbons (Fsp3) is 0.895. The second-order valence-electron chi connectivity index (χ2n) is 13.3. The predicted molar refractivity (Wildman–Crippen MR) is 193 cm³/mol. The molecule has 0 radical (unpaired) electrons. The molecular weight excluding hydrogens is 615 g/mol. The third kappa shape index (κ3) is 37.5. The molecule has 0 amide bonds. The molecule has 0 fully saturated rings. The first-order valence-corrected chi connectivity index (χ1v) is 21.0. The van der Waals surface area contributed by atoms with Crippen molar-refractivity contribution < 1.29 is 37.9 Å². The van der Waals surface area contributed by atoms with Gasteiger partial charge in [-0.1, -0.05) is 161 Å². The van der Waals surface area contributed by atoms with E-state index in [2.05, 4.69) is 30.5 Å². The van der Waals surface area contributed by atoms with Gasteiger partial charge in [-0.3, -0.25) is 14.1 Å². The summed E-state index contributed by atoms with van der Waals surface area (Å²) in [7, 11) is -4.74. The highest BCUT2D eigenvalue weighted by molar-refractivity contribution is 7.46. The molecule has 0 saturated carbocycles. The van der Waals surface area contributed by atoms with Crippen molar-refractivity contribution in [2.24, 2.45) is 0 Å². The van der Waals surface area contributed by atoms with Crippen LogP contribution in [-0.4, -0.2) is 41.0 Å². The Labute approximate surface area is 288 Å². The molecule has 8 nitrogen and oxygen atoms in total. The molecule has 47 heavy (non-hydrogen) atoms. The van der Waals surface area contributed by atoms with Crippen LogP contribution in [0.2, 0.25) is 0 Å². The maximum absolute atomic E-state index is 12.3. The lowest BCUT2D eigenvalue weighted by atomic mass is 10.0. The van der Waals surface area contributed by atoms with Crippen LogP contribution >= 0.6 is 7.82 Å². The van der Waals surface area contributed by atoms with Crippen molar-refractivity contribution in [3.05, 3.63) is 12.2 Å². The number of esters is 2. The van der Waals surface area contributed by atoms with Crippen molar-refractivity contribution in [3.63, 3.8) is 0 Å². The first kappa shape index (κ1) is 45.8. The summed E-state index contributed by atoms with van der Waals surface area (Å²) in [5, 5.41) is 0. The molecule has 1 unspecified atom stereocenters. The number of ether oxygens (including phenoxy) is 2. The summed E-state index contributed by atoms with van der Waals surface area (Å²) < 4.78 is 26.2. The molecule has 0 heterocycles. The van der Waals surface area contributed by atoms with Crippen LogP contribution in [0.25, 0.3) is 0 Å². The van der Waals surface area contributed by atoms with Crippen molar-refractivity contribution in [1.29, 1.82) is 0 Å². The van der Waals surface area contributed by atoms with E-state index in [9.17, 15) is 14.2 Å². The zero-order valence-corrected chi connectivity index (χ0v) is 31.3. The molecule has 1 atom stereocenters. The SMILES string of the molecule is CCCCCCCCCC/C=C\CCCCCCCCCCCCCC(=O)OC(COC(=O)CCCCCCCC)COP(=O)(O)O. The number of hydrogen-bond donors (Lipinski definition) is 2. The fourth-order valence-electron chi connectivity index (χ4n) is 5.60. The zero-order chi connectivity index (χ0) is 34.7. The van der Waals surface area contributed by atoms with Gasteiger partial charge < -0.3 is 19.3 Å². The Morgan fingerprint density at radius 3 is 1.30 bits per heavy atom. The van der Waals surface area contributed by atoms with E-state index in [0.717, 1.165) is 51.4 Å². The largest absolute Gasteiger partial charge is 0.469 e. The number of carbonyl (C=O) groups excluding carboxylic acids is 2. The Morgan fingerprint density at radius 1 is 0.532 bits per heavy atom. The molecule has 0 aromatic carbocycles. The third-order valence-corrected chi connectivity index (χ3v) is 9.02. The molecule has 0 aliphatic heterocycles. The molecule has 0 saturated heterocycles. The van der Waals surface area contributed by atoms with E-state index in [1.54, 1.807) is 0 Å². The Bertz CT molecular complexity index is 782. The molecule has 0 aromatic rings. The lowest BCUT2D eigenvalue weighted by Gasteiger charge is -2.18. The third-order valence-electron chi connectivity index (χ3n) is 8.53. The van der Waals surface area contributed by atoms with Crippen LogP contribution < -0.4 is 0 Å². The van der Waals surface area contributed by atoms with Gasteiger partial charge in [0, 0.05) is 12.8 Å². The van der Waals surface area contributed by atoms with Crippen molar-refractivity contribution in [2.75, 3.05) is 13.2 Å². The average molecular weight is 689 g/mol. The van der Waals surface area contributed by atoms with Crippen LogP contribution in [0.1, 0.15) is 200 Å². The summed E-state index contributed by atoms with van der Waals surface area (Å²) in [5.41, 5.74) is 0. The topological polar surface area (TPSA) is 119 Å². The van der Waals surface area contributed by atoms with E-state index in [1.165, 1.54) is 116 Å². The zero-order valence-electron chi connectivity index (χ0n) is 30.4. The van der Waals surface area contributed by atoms with Gasteiger partial charge in [-0.2, -0.15) is 0 Å². The molecule has 0 aliphatic rings. The number of unbranched alkanes of at least 4 members (excludes halogenated alkanes) is 24. The molecule has 0 aliphatic carbocycles. The first-order valence-electron chi connectivity index (χ1n) is 19.5. The van der Waals surface area contributed by atoms with E-state index >= 15 is 0 Å². The maximum atomic E-state index is 12.3. The predicted octanol–water partition coefficient (Wildman–Crippen LogP) is 11.5. The van der Waals surface area contributed by atoms with Gasteiger partial charge in [-0.25, -0.2) is 4.57 Å². The highest BCUT2D eigenvalue weighted by atomic mass is 31.2. The minimum atomic E-state index is -4.74. The second kappa shape index (κ2) is 34.6. The van der Waals surface area contributed by atoms with Crippen LogP contribution in [0.15, 0.2) is 12.2 Å². The number of carbonyl (C=O) groups is 2. The molecule has 2 N–H and O–H groups in total. The van der Waals surface area contributed by atoms with E-state index in [1.807, 2.05) is 0 Å². The number of phosphoric acid groups is 1. The summed E-state index contributed by atoms with van der Waals surface area (Å²) in [5.74, 6) is -0.889. The van der Waals surface area contributed by atoms with E-state index in [-0.39, 0.29) is 19.4 Å². The average Bonchev–Trinajstić information content (AvgIpc) is 3.04. The van der Waals surface area contributed by atoms with Crippen LogP contribution in [-0.2, 0) is 28.2 Å². The number of hydrogen-bond acceptors (Lipinski definition) is 6. The standard InChI is InChI=1S/C38H73O8P/c1-3-5-7-9-11-12-13-14-15-16-17-18-19-20-21-22-23-24-25-26-27-29-31-33-38(40)46-36(35-45-47(41,42)43)34-44-37(39)32-30-28-10-8-6-4-2/h16-17,36H,3-15,18-35H2,1-2H3,(H2,41,42,43)/b17-16-. The van der Waals surface area contributed by atoms with E-state index < -0.39 is 32.5 Å². The van der Waals surface area contributed by atoms with Crippen LogP contribution in [0.5, 0.6) is 0 Å². The van der Waals surface area contributed by atoms with Gasteiger partial charge in [0.05, 0.1) is 6.61 Å². The highest BCUT2D eigenvalue weighted by Crippen LogP contribution is 2.36. The van der Waals surface area contributed by atoms with Gasteiger partial charge >= 0.3 is 19.8 Å². The quantitative estimate of drug-likeness (QED) is 0.0289. The van der Waals surface area contributed by atoms with E-state index in [0.29, 0.717) is 6.42 Å². The summed E-state index contributed by atoms with van der Waals surface area (Å²) >= 11 is 0. The highest BCUT2D eigenvalue weighted by Gasteiger charge is 2.22. The molecular formula is C38H73O8P. The Balaban J connectivity index is 3.75. The van der Waals surface area contributed by atoms with Gasteiger partial charge in [0.2, 0.25) is 0 Å². The Morgan fingerprint density at radius 2 is 0.894 bits per heavy atom. The molecule has 0 spiro atoms. The van der Waals surface area contributed by atoms with Gasteiger partial charge in [0.15, 0.2) is 6.10 Å². The van der Waals surface area contributed by atoms with Crippen molar-refractivity contribution in [3.8, 4) is 0 Å². The van der Waals surface area contributed by atoms with Crippen LogP contribution in [0.3, 0.4) is 0 Å². The van der Waals surface area contributed by atoms with Crippen molar-refractivity contribution >= 4 is 19.8 Å². The van der Waals surface area contributed by atoms with Gasteiger partial charge in [-0.15, -0.1) is 0 Å². The molecule has 9 heteroatoms. The molecule has 0 aromatic heterocycles. The van der Waals surface area contributed by atoms with Crippen LogP contribution in [0, 0.1) is 0 Å². The smallest absolute Gasteiger partial charge is 0.462 e. The number of phosphoric ester groups is 1. The Hall–Kier alpha value is -1.21. The summed E-state index contributed by atoms with van der Waals surface area (Å²) in [4.78, 5) is 42.4. The lowest BCUT2D eigenvalue weighted by molar-refractivity contribution is -0.161. The van der Waals surface area contributed by atoms with Gasteiger partial charge in [0.1, 0.15) is 6.61 Å². The minimum absolute atomic E-state index is 0.215. The number of allylic oxidation sites excluding steroid dienone is 2. The fourth-order valence-corrected chi connectivity index (χ4v) is 5.96. The monoisotopic (exact) mass is 689 g/mol. The Kier molecular flexibility index (Phi) is 33.8. The summed E-state index contributed by atoms with van der Waals surface area (Å²) in [6, 6.07) is 0. The first-order chi connectivity index (χ1) is 22.8. The van der Waals surface area contributed by atoms with Crippen molar-refractivity contribution in [1.82, 2.24) is 0 Å². The summed E-state index contributed by atoms with van der Waals surface area (Å²) in [6.07, 6.45) is 36.9. The summed E-state index contributed by atoms with van der Waals surface area (Å²) in [6.45, 7) is 3.61. The normalized spacial score (nSPS) is 12.5.